The maximum absolute atomic E-state index is 13.3. The first-order valence-corrected chi connectivity index (χ1v) is 8.97. The molecule has 2 nitrogen and oxygen atoms in total. The zero-order chi connectivity index (χ0) is 15.9. The molecule has 0 saturated carbocycles. The van der Waals surface area contributed by atoms with Crippen molar-refractivity contribution < 1.29 is 18.0 Å². The third-order valence-corrected chi connectivity index (χ3v) is 6.53. The van der Waals surface area contributed by atoms with E-state index in [1.165, 1.54) is 23.1 Å². The summed E-state index contributed by atoms with van der Waals surface area (Å²) in [6, 6.07) is 3.74. The minimum Gasteiger partial charge on any atom is -0.321 e. The van der Waals surface area contributed by atoms with E-state index in [4.69, 9.17) is 0 Å². The Labute approximate surface area is 141 Å². The highest BCUT2D eigenvalue weighted by Crippen LogP contribution is 2.44. The fourth-order valence-corrected chi connectivity index (χ4v) is 5.44. The lowest BCUT2D eigenvalue weighted by Crippen LogP contribution is -2.27. The van der Waals surface area contributed by atoms with Crippen LogP contribution < -0.4 is 0 Å². The van der Waals surface area contributed by atoms with Gasteiger partial charge in [0.25, 0.3) is 0 Å². The van der Waals surface area contributed by atoms with Crippen LogP contribution in [0.1, 0.15) is 15.8 Å². The summed E-state index contributed by atoms with van der Waals surface area (Å²) in [7, 11) is 0. The Bertz CT molecular complexity index is 714. The van der Waals surface area contributed by atoms with Crippen molar-refractivity contribution in [1.82, 2.24) is 4.90 Å². The topological polar surface area (TPSA) is 20.3 Å². The van der Waals surface area contributed by atoms with Gasteiger partial charge in [-0.25, -0.2) is 13.2 Å². The van der Waals surface area contributed by atoms with E-state index in [0.717, 1.165) is 21.5 Å². The van der Waals surface area contributed by atoms with Crippen LogP contribution in [0.15, 0.2) is 28.1 Å². The molecule has 8 heteroatoms. The highest BCUT2D eigenvalue weighted by atomic mass is 79.9. The molecule has 0 radical (unpaired) electrons. The molecule has 0 N–H and O–H groups in total. The first kappa shape index (κ1) is 15.9. The number of hydrogen-bond donors (Lipinski definition) is 0. The van der Waals surface area contributed by atoms with Crippen LogP contribution in [-0.4, -0.2) is 16.6 Å². The zero-order valence-electron chi connectivity index (χ0n) is 11.0. The summed E-state index contributed by atoms with van der Waals surface area (Å²) < 4.78 is 40.5. The second-order valence-electron chi connectivity index (χ2n) is 4.69. The van der Waals surface area contributed by atoms with E-state index in [2.05, 4.69) is 15.9 Å². The molecule has 1 amide bonds. The number of nitrogens with zero attached hydrogens (tertiary/aromatic N) is 1. The van der Waals surface area contributed by atoms with Gasteiger partial charge in [0.2, 0.25) is 5.91 Å². The highest BCUT2D eigenvalue weighted by molar-refractivity contribution is 9.10. The fraction of sp³-hybridized carbons (Fsp3) is 0.214. The number of halogens is 4. The number of thiophene rings is 1. The van der Waals surface area contributed by atoms with Crippen molar-refractivity contribution in [2.45, 2.75) is 11.9 Å². The van der Waals surface area contributed by atoms with E-state index in [-0.39, 0.29) is 23.4 Å². The average Bonchev–Trinajstić information content (AvgIpc) is 3.03. The Morgan fingerprint density at radius 1 is 1.27 bits per heavy atom. The van der Waals surface area contributed by atoms with E-state index in [1.807, 2.05) is 11.4 Å². The highest BCUT2D eigenvalue weighted by Gasteiger charge is 2.34. The van der Waals surface area contributed by atoms with Crippen LogP contribution in [0.3, 0.4) is 0 Å². The smallest absolute Gasteiger partial charge is 0.234 e. The molecule has 0 spiro atoms. The molecule has 0 bridgehead atoms. The van der Waals surface area contributed by atoms with Crippen molar-refractivity contribution >= 4 is 44.9 Å². The van der Waals surface area contributed by atoms with Crippen molar-refractivity contribution in [2.24, 2.45) is 0 Å². The van der Waals surface area contributed by atoms with Crippen molar-refractivity contribution in [1.29, 1.82) is 0 Å². The number of amides is 1. The molecule has 22 heavy (non-hydrogen) atoms. The van der Waals surface area contributed by atoms with Gasteiger partial charge in [-0.05, 0) is 45.1 Å². The van der Waals surface area contributed by atoms with Crippen LogP contribution in [0.5, 0.6) is 0 Å². The molecule has 1 aliphatic rings. The van der Waals surface area contributed by atoms with E-state index < -0.39 is 17.5 Å². The molecule has 2 heterocycles. The molecule has 1 atom stereocenters. The lowest BCUT2D eigenvalue weighted by Gasteiger charge is -2.23. The second kappa shape index (κ2) is 6.25. The Hall–Kier alpha value is -0.990. The second-order valence-corrected chi connectivity index (χ2v) is 7.56. The first-order valence-electron chi connectivity index (χ1n) is 6.24. The minimum absolute atomic E-state index is 0.0367. The fourth-order valence-electron chi connectivity index (χ4n) is 2.22. The van der Waals surface area contributed by atoms with Crippen LogP contribution in [0.4, 0.5) is 13.2 Å². The Balaban J connectivity index is 1.89. The van der Waals surface area contributed by atoms with Gasteiger partial charge in [0.15, 0.2) is 17.5 Å². The molecule has 1 saturated heterocycles. The number of thioether (sulfide) groups is 1. The van der Waals surface area contributed by atoms with Gasteiger partial charge >= 0.3 is 0 Å². The van der Waals surface area contributed by atoms with Gasteiger partial charge in [0, 0.05) is 11.0 Å². The molecule has 3 rings (SSSR count). The maximum Gasteiger partial charge on any atom is 0.234 e. The quantitative estimate of drug-likeness (QED) is 0.687. The molecule has 116 valence electrons. The predicted octanol–water partition coefficient (Wildman–Crippen LogP) is 4.70. The first-order chi connectivity index (χ1) is 10.5. The average molecular weight is 408 g/mol. The van der Waals surface area contributed by atoms with Crippen molar-refractivity contribution in [3.8, 4) is 0 Å². The van der Waals surface area contributed by atoms with Crippen LogP contribution in [0.2, 0.25) is 0 Å². The summed E-state index contributed by atoms with van der Waals surface area (Å²) in [5.74, 6) is -3.79. The Kier molecular flexibility index (Phi) is 4.52. The number of rotatable bonds is 3. The molecule has 2 aromatic rings. The monoisotopic (exact) mass is 407 g/mol. The Morgan fingerprint density at radius 3 is 2.55 bits per heavy atom. The summed E-state index contributed by atoms with van der Waals surface area (Å²) in [5.41, 5.74) is 0.227. The van der Waals surface area contributed by atoms with Crippen LogP contribution in [0, 0.1) is 17.5 Å². The van der Waals surface area contributed by atoms with Gasteiger partial charge in [-0.2, -0.15) is 0 Å². The summed E-state index contributed by atoms with van der Waals surface area (Å²) in [6.45, 7) is 0.0367. The number of carbonyl (C=O) groups excluding carboxylic acids is 1. The SMILES string of the molecule is O=C1CSC(c2sccc2Br)N1Cc1cc(F)c(F)c(F)c1. The summed E-state index contributed by atoms with van der Waals surface area (Å²) >= 11 is 6.39. The third kappa shape index (κ3) is 2.91. The molecule has 1 aliphatic heterocycles. The third-order valence-electron chi connectivity index (χ3n) is 3.23. The van der Waals surface area contributed by atoms with Crippen molar-refractivity contribution in [2.75, 3.05) is 5.75 Å². The van der Waals surface area contributed by atoms with E-state index in [0.29, 0.717) is 5.75 Å². The van der Waals surface area contributed by atoms with Crippen LogP contribution in [0.25, 0.3) is 0 Å². The molecule has 0 aliphatic carbocycles. The molecule has 1 aromatic carbocycles. The number of benzene rings is 1. The van der Waals surface area contributed by atoms with E-state index >= 15 is 0 Å². The van der Waals surface area contributed by atoms with Gasteiger partial charge < -0.3 is 4.90 Å². The lowest BCUT2D eigenvalue weighted by atomic mass is 10.2. The number of carbonyl (C=O) groups is 1. The lowest BCUT2D eigenvalue weighted by molar-refractivity contribution is -0.128. The summed E-state index contributed by atoms with van der Waals surface area (Å²) in [6.07, 6.45) is 0. The van der Waals surface area contributed by atoms with Gasteiger partial charge in [0.1, 0.15) is 5.37 Å². The molecule has 1 unspecified atom stereocenters. The summed E-state index contributed by atoms with van der Waals surface area (Å²) in [5, 5.41) is 1.69. The minimum atomic E-state index is -1.50. The maximum atomic E-state index is 13.3. The normalized spacial score (nSPS) is 18.3. The van der Waals surface area contributed by atoms with Gasteiger partial charge in [-0.3, -0.25) is 4.79 Å². The largest absolute Gasteiger partial charge is 0.321 e. The number of hydrogen-bond acceptors (Lipinski definition) is 3. The predicted molar refractivity (Wildman–Crippen MR) is 84.1 cm³/mol. The van der Waals surface area contributed by atoms with Crippen LogP contribution >= 0.6 is 39.0 Å². The standard InChI is InChI=1S/C14H9BrF3NOS2/c15-8-1-2-21-13(8)14-19(11(20)6-22-14)5-7-3-9(16)12(18)10(17)4-7/h1-4,14H,5-6H2. The van der Waals surface area contributed by atoms with Crippen molar-refractivity contribution in [3.63, 3.8) is 0 Å². The van der Waals surface area contributed by atoms with E-state index in [9.17, 15) is 18.0 Å². The molecule has 1 fully saturated rings. The Morgan fingerprint density at radius 2 is 1.95 bits per heavy atom. The molecular formula is C14H9BrF3NOS2. The zero-order valence-corrected chi connectivity index (χ0v) is 14.2. The summed E-state index contributed by atoms with van der Waals surface area (Å²) in [4.78, 5) is 14.6. The van der Waals surface area contributed by atoms with E-state index in [1.54, 1.807) is 4.90 Å². The molecule has 1 aromatic heterocycles. The van der Waals surface area contributed by atoms with Gasteiger partial charge in [-0.15, -0.1) is 23.1 Å². The van der Waals surface area contributed by atoms with Crippen molar-refractivity contribution in [3.05, 3.63) is 55.9 Å². The van der Waals surface area contributed by atoms with Gasteiger partial charge in [0.05, 0.1) is 10.6 Å². The van der Waals surface area contributed by atoms with Gasteiger partial charge in [-0.1, -0.05) is 0 Å². The molecular weight excluding hydrogens is 399 g/mol. The van der Waals surface area contributed by atoms with Crippen LogP contribution in [-0.2, 0) is 11.3 Å².